The van der Waals surface area contributed by atoms with Crippen LogP contribution in [0.4, 0.5) is 0 Å². The molecule has 4 heteroatoms. The van der Waals surface area contributed by atoms with E-state index in [4.69, 9.17) is 5.11 Å². The molecule has 0 aliphatic rings. The summed E-state index contributed by atoms with van der Waals surface area (Å²) in [6.45, 7) is 2.30. The van der Waals surface area contributed by atoms with Crippen LogP contribution in [-0.4, -0.2) is 22.3 Å². The molecule has 0 amide bonds. The summed E-state index contributed by atoms with van der Waals surface area (Å²) < 4.78 is 1.78. The van der Waals surface area contributed by atoms with Gasteiger partial charge in [-0.1, -0.05) is 0 Å². The van der Waals surface area contributed by atoms with Crippen molar-refractivity contribution in [1.29, 1.82) is 0 Å². The molecule has 0 fully saturated rings. The quantitative estimate of drug-likeness (QED) is 0.681. The van der Waals surface area contributed by atoms with E-state index >= 15 is 0 Å². The molecule has 0 saturated heterocycles. The topological polar surface area (TPSA) is 54.3 Å². The molecule has 13 heavy (non-hydrogen) atoms. The Morgan fingerprint density at radius 2 is 2.15 bits per heavy atom. The highest BCUT2D eigenvalue weighted by atomic mass is 16.4. The first-order chi connectivity index (χ1) is 6.18. The third-order valence-corrected chi connectivity index (χ3v) is 1.51. The molecule has 1 aromatic rings. The molecule has 0 aliphatic carbocycles. The Bertz CT molecular complexity index is 301. The fourth-order valence-corrected chi connectivity index (χ4v) is 0.918. The molecule has 1 rings (SSSR count). The summed E-state index contributed by atoms with van der Waals surface area (Å²) in [5, 5.41) is 8.43. The van der Waals surface area contributed by atoms with Crippen LogP contribution < -0.4 is 5.43 Å². The molecule has 0 bridgehead atoms. The summed E-state index contributed by atoms with van der Waals surface area (Å²) >= 11 is 0. The Morgan fingerprint density at radius 3 is 2.69 bits per heavy atom. The molecule has 0 aromatic carbocycles. The van der Waals surface area contributed by atoms with Gasteiger partial charge in [0.1, 0.15) is 0 Å². The zero-order chi connectivity index (χ0) is 9.68. The van der Waals surface area contributed by atoms with E-state index in [0.717, 1.165) is 5.57 Å². The van der Waals surface area contributed by atoms with Crippen LogP contribution in [0, 0.1) is 0 Å². The summed E-state index contributed by atoms with van der Waals surface area (Å²) in [7, 11) is 0. The van der Waals surface area contributed by atoms with Gasteiger partial charge in [-0.05, 0) is 24.6 Å². The second-order valence-corrected chi connectivity index (χ2v) is 2.75. The van der Waals surface area contributed by atoms with Gasteiger partial charge in [-0.2, -0.15) is 0 Å². The minimum atomic E-state index is -0.910. The van der Waals surface area contributed by atoms with Gasteiger partial charge >= 0.3 is 5.97 Å². The molecule has 1 aromatic heterocycles. The van der Waals surface area contributed by atoms with Gasteiger partial charge in [-0.15, -0.1) is 0 Å². The van der Waals surface area contributed by atoms with E-state index in [0.29, 0.717) is 6.54 Å². The van der Waals surface area contributed by atoms with Crippen LogP contribution >= 0.6 is 0 Å². The van der Waals surface area contributed by atoms with Crippen molar-refractivity contribution in [2.24, 2.45) is 0 Å². The predicted molar refractivity (Wildman–Crippen MR) is 50.1 cm³/mol. The highest BCUT2D eigenvalue weighted by Gasteiger charge is 1.93. The van der Waals surface area contributed by atoms with E-state index < -0.39 is 5.97 Å². The van der Waals surface area contributed by atoms with Crippen LogP contribution in [0.1, 0.15) is 6.92 Å². The Morgan fingerprint density at radius 1 is 1.54 bits per heavy atom. The number of rotatable bonds is 4. The summed E-state index contributed by atoms with van der Waals surface area (Å²) in [4.78, 5) is 10.3. The number of aliphatic carboxylic acids is 1. The van der Waals surface area contributed by atoms with Crippen LogP contribution in [0.3, 0.4) is 0 Å². The SMILES string of the molecule is C/C(=C/C(=O)O)CNn1cccc1. The first-order valence-electron chi connectivity index (χ1n) is 3.95. The van der Waals surface area contributed by atoms with Gasteiger partial charge in [0.05, 0.1) is 6.54 Å². The largest absolute Gasteiger partial charge is 0.478 e. The Labute approximate surface area is 76.5 Å². The standard InChI is InChI=1S/C9H12N2O2/c1-8(6-9(12)13)7-10-11-4-2-3-5-11/h2-6,10H,7H2,1H3,(H,12,13)/b8-6-. The van der Waals surface area contributed by atoms with E-state index in [9.17, 15) is 4.79 Å². The third kappa shape index (κ3) is 3.46. The average molecular weight is 180 g/mol. The smallest absolute Gasteiger partial charge is 0.328 e. The second-order valence-electron chi connectivity index (χ2n) is 2.75. The summed E-state index contributed by atoms with van der Waals surface area (Å²) in [6, 6.07) is 3.78. The molecule has 1 heterocycles. The van der Waals surface area contributed by atoms with Gasteiger partial charge in [0, 0.05) is 18.5 Å². The fraction of sp³-hybridized carbons (Fsp3) is 0.222. The molecule has 0 radical (unpaired) electrons. The van der Waals surface area contributed by atoms with E-state index in [1.54, 1.807) is 11.6 Å². The molecule has 0 spiro atoms. The number of carbonyl (C=O) groups is 1. The number of hydrogen-bond acceptors (Lipinski definition) is 2. The molecular weight excluding hydrogens is 168 g/mol. The monoisotopic (exact) mass is 180 g/mol. The summed E-state index contributed by atoms with van der Waals surface area (Å²) in [5.41, 5.74) is 3.79. The maximum Gasteiger partial charge on any atom is 0.328 e. The molecule has 70 valence electrons. The number of nitrogens with zero attached hydrogens (tertiary/aromatic N) is 1. The van der Waals surface area contributed by atoms with Gasteiger partial charge in [-0.3, -0.25) is 4.68 Å². The Kier molecular flexibility index (Phi) is 3.14. The van der Waals surface area contributed by atoms with Crippen molar-refractivity contribution >= 4 is 5.97 Å². The highest BCUT2D eigenvalue weighted by Crippen LogP contribution is 1.92. The zero-order valence-electron chi connectivity index (χ0n) is 7.40. The van der Waals surface area contributed by atoms with Crippen LogP contribution in [0.25, 0.3) is 0 Å². The van der Waals surface area contributed by atoms with Crippen molar-refractivity contribution in [2.45, 2.75) is 6.92 Å². The van der Waals surface area contributed by atoms with Gasteiger partial charge in [-0.25, -0.2) is 4.79 Å². The third-order valence-electron chi connectivity index (χ3n) is 1.51. The van der Waals surface area contributed by atoms with Gasteiger partial charge in [0.25, 0.3) is 0 Å². The molecule has 0 atom stereocenters. The molecule has 4 nitrogen and oxygen atoms in total. The number of carboxylic acids is 1. The predicted octanol–water partition coefficient (Wildman–Crippen LogP) is 1.06. The molecule has 0 unspecified atom stereocenters. The minimum Gasteiger partial charge on any atom is -0.478 e. The van der Waals surface area contributed by atoms with Crippen molar-refractivity contribution in [1.82, 2.24) is 4.68 Å². The van der Waals surface area contributed by atoms with Crippen LogP contribution in [0.2, 0.25) is 0 Å². The van der Waals surface area contributed by atoms with E-state index in [1.807, 2.05) is 24.5 Å². The lowest BCUT2D eigenvalue weighted by Gasteiger charge is -2.06. The van der Waals surface area contributed by atoms with E-state index in [1.165, 1.54) is 6.08 Å². The summed E-state index contributed by atoms with van der Waals surface area (Å²) in [6.07, 6.45) is 4.90. The van der Waals surface area contributed by atoms with Gasteiger partial charge < -0.3 is 10.5 Å². The van der Waals surface area contributed by atoms with Crippen molar-refractivity contribution in [3.63, 3.8) is 0 Å². The average Bonchev–Trinajstić information content (AvgIpc) is 2.51. The number of nitrogens with one attached hydrogen (secondary N) is 1. The fourth-order valence-electron chi connectivity index (χ4n) is 0.918. The number of aromatic nitrogens is 1. The maximum absolute atomic E-state index is 10.3. The van der Waals surface area contributed by atoms with Crippen molar-refractivity contribution < 1.29 is 9.90 Å². The second kappa shape index (κ2) is 4.35. The van der Waals surface area contributed by atoms with Crippen LogP contribution in [-0.2, 0) is 4.79 Å². The lowest BCUT2D eigenvalue weighted by molar-refractivity contribution is -0.131. The maximum atomic E-state index is 10.3. The van der Waals surface area contributed by atoms with Crippen molar-refractivity contribution in [2.75, 3.05) is 12.0 Å². The minimum absolute atomic E-state index is 0.529. The molecule has 0 aliphatic heterocycles. The van der Waals surface area contributed by atoms with Crippen LogP contribution in [0.15, 0.2) is 36.2 Å². The summed E-state index contributed by atoms with van der Waals surface area (Å²) in [5.74, 6) is -0.910. The normalized spacial score (nSPS) is 11.3. The molecule has 2 N–H and O–H groups in total. The highest BCUT2D eigenvalue weighted by molar-refractivity contribution is 5.80. The molecular formula is C9H12N2O2. The number of hydrogen-bond donors (Lipinski definition) is 2. The lowest BCUT2D eigenvalue weighted by Crippen LogP contribution is -2.15. The van der Waals surface area contributed by atoms with E-state index in [-0.39, 0.29) is 0 Å². The Balaban J connectivity index is 2.39. The Hall–Kier alpha value is -1.71. The number of carboxylic acid groups (broad SMARTS) is 1. The van der Waals surface area contributed by atoms with Crippen molar-refractivity contribution in [3.8, 4) is 0 Å². The first-order valence-corrected chi connectivity index (χ1v) is 3.95. The van der Waals surface area contributed by atoms with Crippen molar-refractivity contribution in [3.05, 3.63) is 36.2 Å². The van der Waals surface area contributed by atoms with Crippen LogP contribution in [0.5, 0.6) is 0 Å². The van der Waals surface area contributed by atoms with Gasteiger partial charge in [0.15, 0.2) is 0 Å². The van der Waals surface area contributed by atoms with Gasteiger partial charge in [0.2, 0.25) is 0 Å². The first kappa shape index (κ1) is 9.38. The lowest BCUT2D eigenvalue weighted by atomic mass is 10.3. The van der Waals surface area contributed by atoms with E-state index in [2.05, 4.69) is 5.43 Å². The zero-order valence-corrected chi connectivity index (χ0v) is 7.40. The molecule has 0 saturated carbocycles.